The van der Waals surface area contributed by atoms with Crippen molar-refractivity contribution in [1.82, 2.24) is 10.2 Å². The van der Waals surface area contributed by atoms with E-state index in [9.17, 15) is 0 Å². The average molecular weight is 292 g/mol. The van der Waals surface area contributed by atoms with E-state index in [1.54, 1.807) is 0 Å². The van der Waals surface area contributed by atoms with Gasteiger partial charge >= 0.3 is 0 Å². The summed E-state index contributed by atoms with van der Waals surface area (Å²) in [6.07, 6.45) is 2.46. The summed E-state index contributed by atoms with van der Waals surface area (Å²) in [5.74, 6) is 1.71. The van der Waals surface area contributed by atoms with Crippen LogP contribution in [-0.4, -0.2) is 37.9 Å². The molecule has 1 aliphatic rings. The molecule has 4 nitrogen and oxygen atoms in total. The number of nitrogens with one attached hydrogen (secondary N) is 1. The SMILES string of the molecule is CCCC(C)N(C)CC(NCC)c1ccc2c(c1)OCO2. The summed E-state index contributed by atoms with van der Waals surface area (Å²) in [6.45, 7) is 8.97. The number of hydrogen-bond acceptors (Lipinski definition) is 4. The van der Waals surface area contributed by atoms with Gasteiger partial charge < -0.3 is 19.7 Å². The molecule has 1 N–H and O–H groups in total. The van der Waals surface area contributed by atoms with E-state index in [-0.39, 0.29) is 0 Å². The van der Waals surface area contributed by atoms with Gasteiger partial charge in [-0.15, -0.1) is 0 Å². The van der Waals surface area contributed by atoms with Crippen LogP contribution in [0.4, 0.5) is 0 Å². The first-order chi connectivity index (χ1) is 10.2. The zero-order valence-electron chi connectivity index (χ0n) is 13.7. The highest BCUT2D eigenvalue weighted by atomic mass is 16.7. The Hall–Kier alpha value is -1.26. The molecule has 0 spiro atoms. The highest BCUT2D eigenvalue weighted by Gasteiger charge is 2.20. The standard InChI is InChI=1S/C17H28N2O2/c1-5-7-13(3)19(4)11-15(18-6-2)14-8-9-16-17(10-14)21-12-20-16/h8-10,13,15,18H,5-7,11-12H2,1-4H3. The van der Waals surface area contributed by atoms with Crippen LogP contribution in [0.25, 0.3) is 0 Å². The van der Waals surface area contributed by atoms with Gasteiger partial charge in [0.25, 0.3) is 0 Å². The summed E-state index contributed by atoms with van der Waals surface area (Å²) in [6, 6.07) is 7.17. The van der Waals surface area contributed by atoms with Crippen molar-refractivity contribution in [3.8, 4) is 11.5 Å². The predicted molar refractivity (Wildman–Crippen MR) is 86.0 cm³/mol. The van der Waals surface area contributed by atoms with Gasteiger partial charge in [-0.1, -0.05) is 26.3 Å². The molecule has 1 aromatic carbocycles. The molecule has 1 heterocycles. The van der Waals surface area contributed by atoms with Crippen LogP contribution in [0.2, 0.25) is 0 Å². The fraction of sp³-hybridized carbons (Fsp3) is 0.647. The lowest BCUT2D eigenvalue weighted by Crippen LogP contribution is -2.37. The molecule has 0 aliphatic carbocycles. The first kappa shape index (κ1) is 16.1. The van der Waals surface area contributed by atoms with E-state index in [2.05, 4.69) is 50.2 Å². The maximum Gasteiger partial charge on any atom is 0.231 e. The lowest BCUT2D eigenvalue weighted by atomic mass is 10.0. The van der Waals surface area contributed by atoms with Gasteiger partial charge in [0.15, 0.2) is 11.5 Å². The summed E-state index contributed by atoms with van der Waals surface area (Å²) in [4.78, 5) is 2.43. The molecule has 0 saturated heterocycles. The van der Waals surface area contributed by atoms with Crippen LogP contribution in [-0.2, 0) is 0 Å². The van der Waals surface area contributed by atoms with E-state index >= 15 is 0 Å². The molecule has 0 aromatic heterocycles. The van der Waals surface area contributed by atoms with Crippen molar-refractivity contribution in [1.29, 1.82) is 0 Å². The summed E-state index contributed by atoms with van der Waals surface area (Å²) in [5.41, 5.74) is 1.26. The monoisotopic (exact) mass is 292 g/mol. The second kappa shape index (κ2) is 7.66. The van der Waals surface area contributed by atoms with Gasteiger partial charge in [-0.25, -0.2) is 0 Å². The summed E-state index contributed by atoms with van der Waals surface area (Å²) in [7, 11) is 2.21. The van der Waals surface area contributed by atoms with E-state index < -0.39 is 0 Å². The molecule has 118 valence electrons. The van der Waals surface area contributed by atoms with Crippen molar-refractivity contribution in [2.75, 3.05) is 26.9 Å². The fourth-order valence-electron chi connectivity index (χ4n) is 2.77. The van der Waals surface area contributed by atoms with Crippen LogP contribution < -0.4 is 14.8 Å². The zero-order valence-corrected chi connectivity index (χ0v) is 13.7. The molecular weight excluding hydrogens is 264 g/mol. The fourth-order valence-corrected chi connectivity index (χ4v) is 2.77. The summed E-state index contributed by atoms with van der Waals surface area (Å²) < 4.78 is 10.9. The normalized spacial score (nSPS) is 16.2. The highest BCUT2D eigenvalue weighted by molar-refractivity contribution is 5.45. The third-order valence-electron chi connectivity index (χ3n) is 4.18. The van der Waals surface area contributed by atoms with E-state index in [0.29, 0.717) is 18.9 Å². The largest absolute Gasteiger partial charge is 0.454 e. The van der Waals surface area contributed by atoms with Gasteiger partial charge in [-0.05, 0) is 44.6 Å². The van der Waals surface area contributed by atoms with Gasteiger partial charge in [-0.2, -0.15) is 0 Å². The predicted octanol–water partition coefficient (Wildman–Crippen LogP) is 3.19. The van der Waals surface area contributed by atoms with Crippen molar-refractivity contribution < 1.29 is 9.47 Å². The Bertz CT molecular complexity index is 450. The smallest absolute Gasteiger partial charge is 0.231 e. The van der Waals surface area contributed by atoms with Crippen molar-refractivity contribution in [2.45, 2.75) is 45.7 Å². The molecule has 0 saturated carbocycles. The van der Waals surface area contributed by atoms with Gasteiger partial charge in [0, 0.05) is 18.6 Å². The molecular formula is C17H28N2O2. The molecule has 21 heavy (non-hydrogen) atoms. The van der Waals surface area contributed by atoms with Crippen molar-refractivity contribution >= 4 is 0 Å². The number of rotatable bonds is 8. The molecule has 0 amide bonds. The van der Waals surface area contributed by atoms with Crippen molar-refractivity contribution in [3.63, 3.8) is 0 Å². The van der Waals surface area contributed by atoms with Crippen LogP contribution in [0.1, 0.15) is 45.2 Å². The van der Waals surface area contributed by atoms with E-state index in [4.69, 9.17) is 9.47 Å². The van der Waals surface area contributed by atoms with Crippen LogP contribution in [0.15, 0.2) is 18.2 Å². The lowest BCUT2D eigenvalue weighted by molar-refractivity contribution is 0.174. The zero-order chi connectivity index (χ0) is 15.2. The minimum Gasteiger partial charge on any atom is -0.454 e. The number of nitrogens with zero attached hydrogens (tertiary/aromatic N) is 1. The molecule has 2 atom stereocenters. The van der Waals surface area contributed by atoms with E-state index in [1.165, 1.54) is 18.4 Å². The Morgan fingerprint density at radius 1 is 1.24 bits per heavy atom. The molecule has 0 bridgehead atoms. The Kier molecular flexibility index (Phi) is 5.88. The van der Waals surface area contributed by atoms with E-state index in [1.807, 2.05) is 6.07 Å². The van der Waals surface area contributed by atoms with Gasteiger partial charge in [0.2, 0.25) is 6.79 Å². The minimum absolute atomic E-state index is 0.314. The van der Waals surface area contributed by atoms with Crippen LogP contribution >= 0.6 is 0 Å². The molecule has 1 aliphatic heterocycles. The number of hydrogen-bond donors (Lipinski definition) is 1. The third-order valence-corrected chi connectivity index (χ3v) is 4.18. The topological polar surface area (TPSA) is 33.7 Å². The third kappa shape index (κ3) is 4.11. The minimum atomic E-state index is 0.314. The maximum absolute atomic E-state index is 5.49. The number of benzene rings is 1. The Labute approximate surface area is 128 Å². The molecule has 4 heteroatoms. The van der Waals surface area contributed by atoms with Crippen LogP contribution in [0, 0.1) is 0 Å². The molecule has 2 rings (SSSR count). The lowest BCUT2D eigenvalue weighted by Gasteiger charge is -2.29. The number of ether oxygens (including phenoxy) is 2. The van der Waals surface area contributed by atoms with E-state index in [0.717, 1.165) is 24.6 Å². The Balaban J connectivity index is 2.07. The van der Waals surface area contributed by atoms with Gasteiger partial charge in [-0.3, -0.25) is 0 Å². The number of fused-ring (bicyclic) bond motifs is 1. The Morgan fingerprint density at radius 3 is 2.71 bits per heavy atom. The second-order valence-electron chi connectivity index (χ2n) is 5.80. The van der Waals surface area contributed by atoms with Gasteiger partial charge in [0.1, 0.15) is 0 Å². The van der Waals surface area contributed by atoms with Crippen LogP contribution in [0.3, 0.4) is 0 Å². The molecule has 2 unspecified atom stereocenters. The van der Waals surface area contributed by atoms with Crippen LogP contribution in [0.5, 0.6) is 11.5 Å². The highest BCUT2D eigenvalue weighted by Crippen LogP contribution is 2.34. The first-order valence-electron chi connectivity index (χ1n) is 7.98. The number of likely N-dealkylation sites (N-methyl/N-ethyl adjacent to an activating group) is 2. The Morgan fingerprint density at radius 2 is 2.00 bits per heavy atom. The second-order valence-corrected chi connectivity index (χ2v) is 5.80. The average Bonchev–Trinajstić information content (AvgIpc) is 2.94. The molecule has 1 aromatic rings. The van der Waals surface area contributed by atoms with Gasteiger partial charge in [0.05, 0.1) is 0 Å². The summed E-state index contributed by atoms with van der Waals surface area (Å²) >= 11 is 0. The van der Waals surface area contributed by atoms with Crippen molar-refractivity contribution in [2.24, 2.45) is 0 Å². The molecule has 0 radical (unpaired) electrons. The maximum atomic E-state index is 5.49. The quantitative estimate of drug-likeness (QED) is 0.798. The first-order valence-corrected chi connectivity index (χ1v) is 7.98. The van der Waals surface area contributed by atoms with Crippen molar-refractivity contribution in [3.05, 3.63) is 23.8 Å². The summed E-state index contributed by atoms with van der Waals surface area (Å²) in [5, 5.41) is 3.58. The molecule has 0 fully saturated rings.